The van der Waals surface area contributed by atoms with Gasteiger partial charge in [-0.05, 0) is 67.9 Å². The molecule has 34 heavy (non-hydrogen) atoms. The first-order valence-electron chi connectivity index (χ1n) is 10.2. The minimum atomic E-state index is -4.41. The first kappa shape index (κ1) is 24.6. The monoisotopic (exact) mass is 473 g/mol. The summed E-state index contributed by atoms with van der Waals surface area (Å²) in [6.45, 7) is 2.93. The van der Waals surface area contributed by atoms with E-state index in [9.17, 15) is 18.0 Å². The fraction of sp³-hybridized carbons (Fsp3) is 0.200. The Kier molecular flexibility index (Phi) is 8.13. The Balaban J connectivity index is 1.44. The van der Waals surface area contributed by atoms with Crippen molar-refractivity contribution in [3.05, 3.63) is 90.0 Å². The lowest BCUT2D eigenvalue weighted by atomic mass is 10.1. The molecule has 0 bridgehead atoms. The molecule has 1 unspecified atom stereocenters. The van der Waals surface area contributed by atoms with Crippen molar-refractivity contribution in [1.29, 1.82) is 0 Å². The first-order valence-corrected chi connectivity index (χ1v) is 10.2. The average molecular weight is 473 g/mol. The van der Waals surface area contributed by atoms with Gasteiger partial charge in [0, 0.05) is 0 Å². The Morgan fingerprint density at radius 1 is 0.882 bits per heavy atom. The molecule has 9 heteroatoms. The van der Waals surface area contributed by atoms with Gasteiger partial charge in [0.1, 0.15) is 17.2 Å². The van der Waals surface area contributed by atoms with Crippen LogP contribution in [-0.2, 0) is 20.5 Å². The highest BCUT2D eigenvalue weighted by Gasteiger charge is 2.30. The van der Waals surface area contributed by atoms with E-state index >= 15 is 0 Å². The van der Waals surface area contributed by atoms with Crippen molar-refractivity contribution in [3.63, 3.8) is 0 Å². The lowest BCUT2D eigenvalue weighted by Gasteiger charge is -2.14. The predicted molar refractivity (Wildman–Crippen MR) is 119 cm³/mol. The van der Waals surface area contributed by atoms with E-state index in [1.165, 1.54) is 19.1 Å². The number of nitrogens with zero attached hydrogens (tertiary/aromatic N) is 1. The van der Waals surface area contributed by atoms with Gasteiger partial charge in [0.15, 0.2) is 6.10 Å². The van der Waals surface area contributed by atoms with E-state index in [-0.39, 0.29) is 12.5 Å². The highest BCUT2D eigenvalue weighted by Crippen LogP contribution is 2.31. The second-order valence-electron chi connectivity index (χ2n) is 7.11. The van der Waals surface area contributed by atoms with Gasteiger partial charge in [-0.1, -0.05) is 35.5 Å². The van der Waals surface area contributed by atoms with E-state index in [1.54, 1.807) is 31.2 Å². The molecule has 0 N–H and O–H groups in total. The number of ether oxygens (including phenoxy) is 3. The van der Waals surface area contributed by atoms with E-state index in [0.717, 1.165) is 17.7 Å². The lowest BCUT2D eigenvalue weighted by molar-refractivity contribution is -0.163. The van der Waals surface area contributed by atoms with Gasteiger partial charge < -0.3 is 19.0 Å². The Bertz CT molecular complexity index is 1100. The van der Waals surface area contributed by atoms with Gasteiger partial charge in [-0.15, -0.1) is 0 Å². The number of benzene rings is 3. The van der Waals surface area contributed by atoms with Crippen LogP contribution in [0.15, 0.2) is 84.0 Å². The molecule has 0 aliphatic carbocycles. The summed E-state index contributed by atoms with van der Waals surface area (Å²) < 4.78 is 54.0. The second-order valence-corrected chi connectivity index (χ2v) is 7.11. The second kappa shape index (κ2) is 11.2. The van der Waals surface area contributed by atoms with E-state index in [0.29, 0.717) is 17.2 Å². The fourth-order valence-electron chi connectivity index (χ4n) is 2.74. The average Bonchev–Trinajstić information content (AvgIpc) is 2.83. The molecule has 0 radical (unpaired) electrons. The van der Waals surface area contributed by atoms with Crippen molar-refractivity contribution in [1.82, 2.24) is 0 Å². The van der Waals surface area contributed by atoms with Crippen molar-refractivity contribution < 1.29 is 37.0 Å². The fourth-order valence-corrected chi connectivity index (χ4v) is 2.74. The molecule has 0 saturated heterocycles. The zero-order chi connectivity index (χ0) is 24.6. The molecule has 0 heterocycles. The van der Waals surface area contributed by atoms with Crippen molar-refractivity contribution in [2.24, 2.45) is 5.16 Å². The molecular weight excluding hydrogens is 451 g/mol. The summed E-state index contributed by atoms with van der Waals surface area (Å²) in [6.07, 6.45) is -5.32. The number of esters is 1. The molecule has 1 atom stereocenters. The predicted octanol–water partition coefficient (Wildman–Crippen LogP) is 6.21. The molecule has 0 aromatic heterocycles. The maximum Gasteiger partial charge on any atom is 0.416 e. The van der Waals surface area contributed by atoms with Gasteiger partial charge in [-0.2, -0.15) is 13.2 Å². The number of rotatable bonds is 9. The summed E-state index contributed by atoms with van der Waals surface area (Å²) in [5.41, 5.74) is 0.767. The number of halogens is 3. The number of carbonyl (C=O) groups is 1. The summed E-state index contributed by atoms with van der Waals surface area (Å²) in [5.74, 6) is 0.381. The van der Waals surface area contributed by atoms with Crippen LogP contribution in [0.5, 0.6) is 17.2 Å². The Hall–Kier alpha value is -4.01. The van der Waals surface area contributed by atoms with Gasteiger partial charge in [0.05, 0.1) is 11.3 Å². The minimum absolute atomic E-state index is 0.253. The molecule has 0 saturated carbocycles. The van der Waals surface area contributed by atoms with Crippen molar-refractivity contribution in [2.45, 2.75) is 26.1 Å². The van der Waals surface area contributed by atoms with Gasteiger partial charge in [-0.25, -0.2) is 4.79 Å². The van der Waals surface area contributed by atoms with Crippen LogP contribution in [0.3, 0.4) is 0 Å². The third-order valence-electron chi connectivity index (χ3n) is 4.53. The van der Waals surface area contributed by atoms with Crippen LogP contribution in [0.1, 0.15) is 25.0 Å². The molecule has 0 fully saturated rings. The normalized spacial score (nSPS) is 12.6. The number of hydrogen-bond donors (Lipinski definition) is 0. The minimum Gasteiger partial charge on any atom is -0.479 e. The van der Waals surface area contributed by atoms with Gasteiger partial charge in [0.25, 0.3) is 6.79 Å². The quantitative estimate of drug-likeness (QED) is 0.122. The highest BCUT2D eigenvalue weighted by molar-refractivity contribution is 5.98. The van der Waals surface area contributed by atoms with Crippen LogP contribution >= 0.6 is 0 Å². The summed E-state index contributed by atoms with van der Waals surface area (Å²) in [5, 5.41) is 3.90. The number of alkyl halides is 3. The van der Waals surface area contributed by atoms with E-state index in [2.05, 4.69) is 5.16 Å². The maximum absolute atomic E-state index is 12.6. The zero-order valence-electron chi connectivity index (χ0n) is 18.4. The molecule has 6 nitrogen and oxygen atoms in total. The maximum atomic E-state index is 12.6. The van der Waals surface area contributed by atoms with Crippen LogP contribution in [0, 0.1) is 0 Å². The van der Waals surface area contributed by atoms with Gasteiger partial charge in [0.2, 0.25) is 0 Å². The third-order valence-corrected chi connectivity index (χ3v) is 4.53. The highest BCUT2D eigenvalue weighted by atomic mass is 19.4. The van der Waals surface area contributed by atoms with Crippen molar-refractivity contribution in [2.75, 3.05) is 6.79 Å². The van der Waals surface area contributed by atoms with Crippen LogP contribution in [0.25, 0.3) is 0 Å². The van der Waals surface area contributed by atoms with Crippen LogP contribution in [0.2, 0.25) is 0 Å². The van der Waals surface area contributed by atoms with Gasteiger partial charge >= 0.3 is 12.1 Å². The summed E-state index contributed by atoms with van der Waals surface area (Å²) in [4.78, 5) is 17.1. The van der Waals surface area contributed by atoms with E-state index in [1.807, 2.05) is 30.3 Å². The first-order chi connectivity index (χ1) is 16.2. The van der Waals surface area contributed by atoms with Crippen molar-refractivity contribution >= 4 is 11.7 Å². The molecule has 0 amide bonds. The van der Waals surface area contributed by atoms with E-state index in [4.69, 9.17) is 19.0 Å². The smallest absolute Gasteiger partial charge is 0.416 e. The number of carbonyl (C=O) groups excluding carboxylic acids is 1. The van der Waals surface area contributed by atoms with Crippen molar-refractivity contribution in [3.8, 4) is 17.2 Å². The third kappa shape index (κ3) is 7.26. The Morgan fingerprint density at radius 3 is 2.03 bits per heavy atom. The molecule has 3 rings (SSSR count). The molecule has 0 aliphatic heterocycles. The standard InChI is InChI=1S/C25H22F3NO5/c1-17(19-6-4-3-5-7-19)29-32-16-31-24(30)18(2)33-21-12-14-23(15-13-21)34-22-10-8-20(9-11-22)25(26,27)28/h3-15,18H,16H2,1-2H3. The molecule has 0 aliphatic rings. The summed E-state index contributed by atoms with van der Waals surface area (Å²) >= 11 is 0. The molecule has 0 spiro atoms. The molecule has 3 aromatic carbocycles. The Morgan fingerprint density at radius 2 is 1.44 bits per heavy atom. The Labute approximate surface area is 194 Å². The molecule has 178 valence electrons. The summed E-state index contributed by atoms with van der Waals surface area (Å²) in [7, 11) is 0. The number of hydrogen-bond acceptors (Lipinski definition) is 6. The molecular formula is C25H22F3NO5. The van der Waals surface area contributed by atoms with Gasteiger partial charge in [-0.3, -0.25) is 0 Å². The SMILES string of the molecule is CC(=NOCOC(=O)C(C)Oc1ccc(Oc2ccc(C(F)(F)F)cc2)cc1)c1ccccc1. The summed E-state index contributed by atoms with van der Waals surface area (Å²) in [6, 6.07) is 20.0. The van der Waals surface area contributed by atoms with Crippen LogP contribution in [0.4, 0.5) is 13.2 Å². The largest absolute Gasteiger partial charge is 0.479 e. The number of oxime groups is 1. The molecule has 3 aromatic rings. The van der Waals surface area contributed by atoms with Crippen LogP contribution < -0.4 is 9.47 Å². The zero-order valence-corrected chi connectivity index (χ0v) is 18.4. The topological polar surface area (TPSA) is 66.4 Å². The van der Waals surface area contributed by atoms with E-state index < -0.39 is 23.8 Å². The van der Waals surface area contributed by atoms with Crippen LogP contribution in [-0.4, -0.2) is 24.6 Å². The lowest BCUT2D eigenvalue weighted by Crippen LogP contribution is -2.26.